The van der Waals surface area contributed by atoms with Gasteiger partial charge in [-0.1, -0.05) is 12.1 Å². The molecule has 1 aromatic heterocycles. The maximum absolute atomic E-state index is 12.9. The Balaban J connectivity index is 1.14. The van der Waals surface area contributed by atoms with Crippen molar-refractivity contribution in [2.45, 2.75) is 12.8 Å². The number of esters is 1. The maximum atomic E-state index is 12.9. The van der Waals surface area contributed by atoms with Crippen molar-refractivity contribution < 1.29 is 53.1 Å². The van der Waals surface area contributed by atoms with Crippen LogP contribution in [0.15, 0.2) is 64.0 Å². The molecule has 0 atom stereocenters. The summed E-state index contributed by atoms with van der Waals surface area (Å²) in [5.41, 5.74) is 10.5. The number of ketones is 1. The number of carbonyl (C=O) groups excluding carboxylic acids is 3. The molecule has 1 heterocycles. The van der Waals surface area contributed by atoms with Crippen LogP contribution in [0.2, 0.25) is 0 Å². The van der Waals surface area contributed by atoms with E-state index in [4.69, 9.17) is 34.8 Å². The first kappa shape index (κ1) is 32.3. The third-order valence-electron chi connectivity index (χ3n) is 6.39. The van der Waals surface area contributed by atoms with Crippen LogP contribution in [0.1, 0.15) is 23.2 Å². The van der Waals surface area contributed by atoms with E-state index in [0.717, 1.165) is 0 Å². The zero-order valence-electron chi connectivity index (χ0n) is 23.8. The average molecular weight is 623 g/mol. The fraction of sp³-hybridized carbons (Fsp3) is 0.226. The summed E-state index contributed by atoms with van der Waals surface area (Å²) in [5.74, 6) is -3.12. The van der Waals surface area contributed by atoms with E-state index in [2.05, 4.69) is 0 Å². The minimum absolute atomic E-state index is 0.0415. The molecule has 4 aromatic rings. The van der Waals surface area contributed by atoms with Crippen LogP contribution in [0.3, 0.4) is 0 Å². The fourth-order valence-corrected chi connectivity index (χ4v) is 4.18. The summed E-state index contributed by atoms with van der Waals surface area (Å²) in [4.78, 5) is 48.7. The highest BCUT2D eigenvalue weighted by Gasteiger charge is 2.20. The SMILES string of the molecule is NC(=O)c1c(OC(=O)COCCOCCCC(=O)COc2cc(O)c3c(=O)c(-c4ccc(O)cc4)coc3c2)ccc(N)c1O. The number of phenolic OH excluding ortho intramolecular Hbond substituents is 2. The van der Waals surface area contributed by atoms with Gasteiger partial charge in [0.15, 0.2) is 11.5 Å². The van der Waals surface area contributed by atoms with Gasteiger partial charge < -0.3 is 50.2 Å². The van der Waals surface area contributed by atoms with Crippen LogP contribution in [0.25, 0.3) is 22.1 Å². The molecule has 45 heavy (non-hydrogen) atoms. The Morgan fingerprint density at radius 2 is 1.62 bits per heavy atom. The molecule has 7 N–H and O–H groups in total. The van der Waals surface area contributed by atoms with Gasteiger partial charge >= 0.3 is 5.97 Å². The normalized spacial score (nSPS) is 10.9. The summed E-state index contributed by atoms with van der Waals surface area (Å²) in [5, 5.41) is 29.8. The number of anilines is 1. The minimum Gasteiger partial charge on any atom is -0.508 e. The maximum Gasteiger partial charge on any atom is 0.337 e. The van der Waals surface area contributed by atoms with E-state index in [1.54, 1.807) is 12.1 Å². The zero-order chi connectivity index (χ0) is 32.5. The van der Waals surface area contributed by atoms with Gasteiger partial charge in [-0.3, -0.25) is 14.4 Å². The largest absolute Gasteiger partial charge is 0.508 e. The third-order valence-corrected chi connectivity index (χ3v) is 6.39. The lowest BCUT2D eigenvalue weighted by Gasteiger charge is -2.11. The Morgan fingerprint density at radius 1 is 0.889 bits per heavy atom. The Hall–Kier alpha value is -5.60. The predicted molar refractivity (Wildman–Crippen MR) is 159 cm³/mol. The van der Waals surface area contributed by atoms with Gasteiger partial charge in [0.05, 0.1) is 24.5 Å². The van der Waals surface area contributed by atoms with Gasteiger partial charge in [-0.05, 0) is 36.2 Å². The molecular weight excluding hydrogens is 592 g/mol. The number of rotatable bonds is 15. The highest BCUT2D eigenvalue weighted by atomic mass is 16.6. The third kappa shape index (κ3) is 8.28. The summed E-state index contributed by atoms with van der Waals surface area (Å²) in [7, 11) is 0. The first-order valence-electron chi connectivity index (χ1n) is 13.5. The lowest BCUT2D eigenvalue weighted by molar-refractivity contribution is -0.140. The van der Waals surface area contributed by atoms with Crippen LogP contribution in [0.4, 0.5) is 5.69 Å². The number of hydrogen-bond donors (Lipinski definition) is 5. The van der Waals surface area contributed by atoms with Crippen LogP contribution < -0.4 is 26.4 Å². The Morgan fingerprint density at radius 3 is 2.36 bits per heavy atom. The number of amides is 1. The molecule has 14 nitrogen and oxygen atoms in total. The number of ether oxygens (including phenoxy) is 4. The van der Waals surface area contributed by atoms with Gasteiger partial charge in [-0.25, -0.2) is 4.79 Å². The number of nitrogens with two attached hydrogens (primary N) is 2. The van der Waals surface area contributed by atoms with Crippen molar-refractivity contribution in [2.24, 2.45) is 5.73 Å². The molecule has 0 fully saturated rings. The molecule has 4 rings (SSSR count). The van der Waals surface area contributed by atoms with Crippen molar-refractivity contribution in [3.8, 4) is 39.9 Å². The molecule has 0 saturated carbocycles. The molecule has 1 amide bonds. The molecule has 0 radical (unpaired) electrons. The molecule has 0 aliphatic heterocycles. The molecule has 14 heteroatoms. The second-order valence-electron chi connectivity index (χ2n) is 9.65. The second kappa shape index (κ2) is 14.7. The fourth-order valence-electron chi connectivity index (χ4n) is 4.18. The van der Waals surface area contributed by atoms with E-state index in [1.807, 2.05) is 0 Å². The number of benzene rings is 3. The molecular formula is C31H30N2O12. The number of fused-ring (bicyclic) bond motifs is 1. The van der Waals surface area contributed by atoms with E-state index >= 15 is 0 Å². The molecule has 0 bridgehead atoms. The van der Waals surface area contributed by atoms with Crippen LogP contribution in [-0.4, -0.2) is 66.0 Å². The van der Waals surface area contributed by atoms with Crippen molar-refractivity contribution in [3.05, 3.63) is 70.6 Å². The molecule has 0 aliphatic rings. The highest BCUT2D eigenvalue weighted by molar-refractivity contribution is 6.01. The molecule has 0 saturated heterocycles. The Labute approximate surface area is 255 Å². The summed E-state index contributed by atoms with van der Waals surface area (Å²) >= 11 is 0. The number of hydrogen-bond acceptors (Lipinski definition) is 13. The van der Waals surface area contributed by atoms with Crippen molar-refractivity contribution in [1.29, 1.82) is 0 Å². The van der Waals surface area contributed by atoms with Gasteiger partial charge in [0, 0.05) is 25.2 Å². The van der Waals surface area contributed by atoms with Crippen LogP contribution in [0.5, 0.6) is 28.7 Å². The number of nitrogen functional groups attached to an aromatic ring is 1. The first-order valence-corrected chi connectivity index (χ1v) is 13.5. The Bertz CT molecular complexity index is 1770. The highest BCUT2D eigenvalue weighted by Crippen LogP contribution is 2.33. The molecule has 236 valence electrons. The van der Waals surface area contributed by atoms with Crippen LogP contribution in [-0.2, 0) is 19.1 Å². The molecule has 0 spiro atoms. The van der Waals surface area contributed by atoms with Crippen molar-refractivity contribution in [2.75, 3.05) is 38.8 Å². The van der Waals surface area contributed by atoms with Gasteiger partial charge in [-0.2, -0.15) is 0 Å². The molecule has 3 aromatic carbocycles. The van der Waals surface area contributed by atoms with Crippen molar-refractivity contribution >= 4 is 34.3 Å². The lowest BCUT2D eigenvalue weighted by Crippen LogP contribution is -2.20. The molecule has 0 aliphatic carbocycles. The van der Waals surface area contributed by atoms with Gasteiger partial charge in [0.1, 0.15) is 59.0 Å². The summed E-state index contributed by atoms with van der Waals surface area (Å²) < 4.78 is 26.6. The summed E-state index contributed by atoms with van der Waals surface area (Å²) in [6, 6.07) is 11.1. The van der Waals surface area contributed by atoms with E-state index in [-0.39, 0.29) is 83.8 Å². The van der Waals surface area contributed by atoms with Gasteiger partial charge in [-0.15, -0.1) is 0 Å². The quantitative estimate of drug-likeness (QED) is 0.0422. The monoisotopic (exact) mass is 622 g/mol. The van der Waals surface area contributed by atoms with Gasteiger partial charge in [0.25, 0.3) is 5.91 Å². The topological polar surface area (TPSA) is 231 Å². The van der Waals surface area contributed by atoms with Crippen LogP contribution in [0, 0.1) is 0 Å². The summed E-state index contributed by atoms with van der Waals surface area (Å²) in [6.45, 7) is -0.342. The minimum atomic E-state index is -1.02. The smallest absolute Gasteiger partial charge is 0.337 e. The van der Waals surface area contributed by atoms with E-state index in [9.17, 15) is 34.5 Å². The van der Waals surface area contributed by atoms with E-state index < -0.39 is 35.2 Å². The standard InChI is InChI=1S/C31H30N2O12/c32-22-7-8-24(28(30(22)39)31(33)40)45-26(37)16-42-11-10-41-9-1-2-19(35)14-43-20-12-23(36)27-25(13-20)44-15-21(29(27)38)17-3-5-18(34)6-4-17/h3-8,12-13,15,34,36,39H,1-2,9-11,14,16,32H2,(H2,33,40). The van der Waals surface area contributed by atoms with Crippen molar-refractivity contribution in [3.63, 3.8) is 0 Å². The van der Waals surface area contributed by atoms with Gasteiger partial charge in [0.2, 0.25) is 5.43 Å². The number of primary amides is 1. The number of carbonyl (C=O) groups is 3. The molecule has 0 unspecified atom stereocenters. The number of Topliss-reactive ketones (excluding diaryl/α,β-unsaturated/α-hetero) is 1. The first-order chi connectivity index (χ1) is 21.5. The summed E-state index contributed by atoms with van der Waals surface area (Å²) in [6.07, 6.45) is 1.78. The number of aromatic hydroxyl groups is 3. The average Bonchev–Trinajstić information content (AvgIpc) is 2.99. The van der Waals surface area contributed by atoms with Crippen LogP contribution >= 0.6 is 0 Å². The van der Waals surface area contributed by atoms with E-state index in [0.29, 0.717) is 12.0 Å². The van der Waals surface area contributed by atoms with Crippen molar-refractivity contribution in [1.82, 2.24) is 0 Å². The zero-order valence-corrected chi connectivity index (χ0v) is 23.8. The van der Waals surface area contributed by atoms with E-state index in [1.165, 1.54) is 42.7 Å². The Kier molecular flexibility index (Phi) is 10.6. The number of phenols is 3. The lowest BCUT2D eigenvalue weighted by atomic mass is 10.0. The second-order valence-corrected chi connectivity index (χ2v) is 9.65. The predicted octanol–water partition coefficient (Wildman–Crippen LogP) is 2.62.